The van der Waals surface area contributed by atoms with Crippen molar-refractivity contribution in [2.45, 2.75) is 19.8 Å². The topological polar surface area (TPSA) is 55.8 Å². The summed E-state index contributed by atoms with van der Waals surface area (Å²) in [6, 6.07) is 0. The van der Waals surface area contributed by atoms with Crippen molar-refractivity contribution in [3.63, 3.8) is 0 Å². The van der Waals surface area contributed by atoms with E-state index in [1.807, 2.05) is 6.92 Å². The van der Waals surface area contributed by atoms with Crippen molar-refractivity contribution in [1.29, 1.82) is 0 Å². The molecular formula is C6H14O4S. The third-order valence-electron chi connectivity index (χ3n) is 0.948. The lowest BCUT2D eigenvalue weighted by Gasteiger charge is -2.00. The molecule has 1 N–H and O–H groups in total. The molecule has 0 saturated carbocycles. The normalized spacial score (nSPS) is 13.3. The first kappa shape index (κ1) is 11.0. The lowest BCUT2D eigenvalue weighted by Crippen LogP contribution is -2.06. The highest BCUT2D eigenvalue weighted by Gasteiger charge is 1.98. The van der Waals surface area contributed by atoms with Gasteiger partial charge in [-0.25, -0.2) is 0 Å². The second-order valence-corrected chi connectivity index (χ2v) is 2.80. The van der Waals surface area contributed by atoms with Crippen LogP contribution in [-0.4, -0.2) is 29.1 Å². The van der Waals surface area contributed by atoms with Gasteiger partial charge in [0, 0.05) is 0 Å². The summed E-state index contributed by atoms with van der Waals surface area (Å²) < 4.78 is 19.9. The van der Waals surface area contributed by atoms with Crippen LogP contribution in [-0.2, 0) is 19.7 Å². The Morgan fingerprint density at radius 1 is 1.36 bits per heavy atom. The SMILES string of the molecule is CCCCOS(=O)OCCO. The summed E-state index contributed by atoms with van der Waals surface area (Å²) in [6.45, 7) is 2.37. The summed E-state index contributed by atoms with van der Waals surface area (Å²) in [4.78, 5) is 0. The molecule has 5 heteroatoms. The van der Waals surface area contributed by atoms with E-state index in [0.717, 1.165) is 12.8 Å². The predicted octanol–water partition coefficient (Wildman–Crippen LogP) is 0.391. The van der Waals surface area contributed by atoms with E-state index < -0.39 is 11.4 Å². The maximum atomic E-state index is 10.6. The van der Waals surface area contributed by atoms with Crippen LogP contribution < -0.4 is 0 Å². The fourth-order valence-corrected chi connectivity index (χ4v) is 0.943. The molecule has 0 heterocycles. The van der Waals surface area contributed by atoms with Crippen molar-refractivity contribution in [3.05, 3.63) is 0 Å². The molecule has 0 radical (unpaired) electrons. The second-order valence-electron chi connectivity index (χ2n) is 1.93. The Morgan fingerprint density at radius 3 is 2.55 bits per heavy atom. The van der Waals surface area contributed by atoms with Crippen LogP contribution in [0.1, 0.15) is 19.8 Å². The van der Waals surface area contributed by atoms with Crippen LogP contribution in [0, 0.1) is 0 Å². The molecule has 0 rings (SSSR count). The van der Waals surface area contributed by atoms with E-state index in [-0.39, 0.29) is 13.2 Å². The quantitative estimate of drug-likeness (QED) is 0.579. The molecule has 0 fully saturated rings. The fraction of sp³-hybridized carbons (Fsp3) is 1.00. The lowest BCUT2D eigenvalue weighted by molar-refractivity contribution is 0.186. The van der Waals surface area contributed by atoms with Crippen LogP contribution in [0.15, 0.2) is 0 Å². The Bertz CT molecular complexity index is 107. The first-order valence-electron chi connectivity index (χ1n) is 3.60. The molecule has 11 heavy (non-hydrogen) atoms. The van der Waals surface area contributed by atoms with Gasteiger partial charge in [0.25, 0.3) is 0 Å². The minimum atomic E-state index is -1.68. The summed E-state index contributed by atoms with van der Waals surface area (Å²) in [6.07, 6.45) is 1.87. The van der Waals surface area contributed by atoms with E-state index in [0.29, 0.717) is 6.61 Å². The van der Waals surface area contributed by atoms with E-state index in [1.54, 1.807) is 0 Å². The van der Waals surface area contributed by atoms with E-state index in [9.17, 15) is 4.21 Å². The number of aliphatic hydroxyl groups is 1. The van der Waals surface area contributed by atoms with E-state index >= 15 is 0 Å². The highest BCUT2D eigenvalue weighted by Crippen LogP contribution is 1.93. The minimum Gasteiger partial charge on any atom is -0.394 e. The summed E-state index contributed by atoms with van der Waals surface area (Å²) in [5.41, 5.74) is 0. The standard InChI is InChI=1S/C6H14O4S/c1-2-3-5-9-11(8)10-6-4-7/h7H,2-6H2,1H3. The molecule has 68 valence electrons. The summed E-state index contributed by atoms with van der Waals surface area (Å²) in [5, 5.41) is 8.27. The second kappa shape index (κ2) is 8.13. The fourth-order valence-electron chi connectivity index (χ4n) is 0.411. The first-order chi connectivity index (χ1) is 5.31. The van der Waals surface area contributed by atoms with Gasteiger partial charge in [-0.3, -0.25) is 8.37 Å². The molecule has 0 spiro atoms. The summed E-state index contributed by atoms with van der Waals surface area (Å²) in [5.74, 6) is 0. The third kappa shape index (κ3) is 7.93. The Morgan fingerprint density at radius 2 is 2.00 bits per heavy atom. The molecule has 0 aromatic rings. The minimum absolute atomic E-state index is 0.0543. The molecule has 0 aromatic heterocycles. The number of unbranched alkanes of at least 4 members (excludes halogenated alkanes) is 1. The Balaban J connectivity index is 3.09. The summed E-state index contributed by atoms with van der Waals surface area (Å²) >= 11 is -1.68. The molecule has 1 atom stereocenters. The summed E-state index contributed by atoms with van der Waals surface area (Å²) in [7, 11) is 0. The van der Waals surface area contributed by atoms with E-state index in [4.69, 9.17) is 9.29 Å². The Labute approximate surface area is 69.4 Å². The highest BCUT2D eigenvalue weighted by atomic mass is 32.2. The molecule has 4 nitrogen and oxygen atoms in total. The maximum Gasteiger partial charge on any atom is 0.304 e. The zero-order chi connectivity index (χ0) is 8.53. The largest absolute Gasteiger partial charge is 0.394 e. The van der Waals surface area contributed by atoms with Gasteiger partial charge in [-0.1, -0.05) is 13.3 Å². The number of hydrogen-bond donors (Lipinski definition) is 1. The van der Waals surface area contributed by atoms with E-state index in [2.05, 4.69) is 4.18 Å². The molecule has 0 aliphatic heterocycles. The van der Waals surface area contributed by atoms with E-state index in [1.165, 1.54) is 0 Å². The predicted molar refractivity (Wildman–Crippen MR) is 42.0 cm³/mol. The van der Waals surface area contributed by atoms with Crippen LogP contribution in [0.2, 0.25) is 0 Å². The monoisotopic (exact) mass is 182 g/mol. The van der Waals surface area contributed by atoms with Crippen molar-refractivity contribution in [2.75, 3.05) is 19.8 Å². The van der Waals surface area contributed by atoms with Crippen molar-refractivity contribution in [3.8, 4) is 0 Å². The smallest absolute Gasteiger partial charge is 0.304 e. The van der Waals surface area contributed by atoms with Gasteiger partial charge in [-0.2, -0.15) is 4.21 Å². The highest BCUT2D eigenvalue weighted by molar-refractivity contribution is 7.75. The van der Waals surface area contributed by atoms with Crippen LogP contribution in [0.5, 0.6) is 0 Å². The van der Waals surface area contributed by atoms with Crippen molar-refractivity contribution in [1.82, 2.24) is 0 Å². The molecule has 0 bridgehead atoms. The zero-order valence-electron chi connectivity index (χ0n) is 6.62. The molecule has 0 aliphatic carbocycles. The lowest BCUT2D eigenvalue weighted by atomic mass is 10.4. The maximum absolute atomic E-state index is 10.6. The molecule has 1 unspecified atom stereocenters. The van der Waals surface area contributed by atoms with Crippen molar-refractivity contribution >= 4 is 11.4 Å². The molecular weight excluding hydrogens is 168 g/mol. The van der Waals surface area contributed by atoms with Crippen molar-refractivity contribution in [2.24, 2.45) is 0 Å². The Hall–Kier alpha value is 0.0300. The van der Waals surface area contributed by atoms with Gasteiger partial charge in [0.1, 0.15) is 0 Å². The van der Waals surface area contributed by atoms with Crippen LogP contribution >= 0.6 is 0 Å². The average molecular weight is 182 g/mol. The Kier molecular flexibility index (Phi) is 8.15. The molecule has 0 saturated heterocycles. The van der Waals surface area contributed by atoms with Gasteiger partial charge in [-0.05, 0) is 6.42 Å². The third-order valence-corrected chi connectivity index (χ3v) is 1.67. The molecule has 0 aromatic carbocycles. The average Bonchev–Trinajstić information content (AvgIpc) is 2.01. The zero-order valence-corrected chi connectivity index (χ0v) is 7.43. The number of aliphatic hydroxyl groups excluding tert-OH is 1. The van der Waals surface area contributed by atoms with Gasteiger partial charge in [0.15, 0.2) is 0 Å². The van der Waals surface area contributed by atoms with Crippen molar-refractivity contribution < 1.29 is 17.7 Å². The molecule has 0 amide bonds. The van der Waals surface area contributed by atoms with Gasteiger partial charge in [0.2, 0.25) is 0 Å². The van der Waals surface area contributed by atoms with Crippen LogP contribution in [0.4, 0.5) is 0 Å². The van der Waals surface area contributed by atoms with Gasteiger partial charge >= 0.3 is 11.4 Å². The van der Waals surface area contributed by atoms with Crippen LogP contribution in [0.25, 0.3) is 0 Å². The van der Waals surface area contributed by atoms with Crippen LogP contribution in [0.3, 0.4) is 0 Å². The first-order valence-corrected chi connectivity index (χ1v) is 4.60. The van der Waals surface area contributed by atoms with Gasteiger partial charge in [-0.15, -0.1) is 0 Å². The number of rotatable bonds is 7. The van der Waals surface area contributed by atoms with Gasteiger partial charge < -0.3 is 5.11 Å². The molecule has 0 aliphatic rings. The number of hydrogen-bond acceptors (Lipinski definition) is 4. The van der Waals surface area contributed by atoms with Gasteiger partial charge in [0.05, 0.1) is 19.8 Å².